The summed E-state index contributed by atoms with van der Waals surface area (Å²) in [6.45, 7) is 37.8. The molecule has 6 aromatic rings. The predicted octanol–water partition coefficient (Wildman–Crippen LogP) is 18.0. The largest absolute Gasteiger partial charge is 0.491 e. The van der Waals surface area contributed by atoms with Crippen molar-refractivity contribution >= 4 is 71.2 Å². The first-order valence-corrected chi connectivity index (χ1v) is 39.0. The highest BCUT2D eigenvalue weighted by Gasteiger charge is 2.36. The Morgan fingerprint density at radius 1 is 0.477 bits per heavy atom. The first kappa shape index (κ1) is 76.5. The molecular weight excluding hydrogens is 1220 g/mol. The second-order valence-corrected chi connectivity index (χ2v) is 35.7. The van der Waals surface area contributed by atoms with Crippen LogP contribution in [0.2, 0.25) is 0 Å². The molecule has 88 heavy (non-hydrogen) atoms. The number of thiophene rings is 3. The number of benzene rings is 3. The molecule has 0 aliphatic rings. The minimum Gasteiger partial charge on any atom is -0.491 e. The Morgan fingerprint density at radius 2 is 0.773 bits per heavy atom. The molecule has 16 heteroatoms. The summed E-state index contributed by atoms with van der Waals surface area (Å²) in [6.07, 6.45) is 9.48. The van der Waals surface area contributed by atoms with Crippen molar-refractivity contribution in [3.8, 4) is 17.2 Å². The number of carbonyl (C=O) groups excluding carboxylic acids is 1. The summed E-state index contributed by atoms with van der Waals surface area (Å²) < 4.78 is 64.4. The van der Waals surface area contributed by atoms with Crippen molar-refractivity contribution < 1.29 is 46.1 Å². The van der Waals surface area contributed by atoms with Gasteiger partial charge in [0.1, 0.15) is 37.1 Å². The van der Waals surface area contributed by atoms with Crippen LogP contribution in [0.4, 0.5) is 0 Å². The van der Waals surface area contributed by atoms with Gasteiger partial charge in [0.15, 0.2) is 25.5 Å². The second-order valence-electron chi connectivity index (χ2n) is 27.0. The summed E-state index contributed by atoms with van der Waals surface area (Å²) in [7, 11) is -6.11. The number of aliphatic hydroxyl groups is 2. The van der Waals surface area contributed by atoms with Gasteiger partial charge < -0.3 is 24.4 Å². The third kappa shape index (κ3) is 20.5. The van der Waals surface area contributed by atoms with Crippen LogP contribution in [0.1, 0.15) is 205 Å². The molecule has 2 N–H and O–H groups in total. The Balaban J connectivity index is 0.000000283. The monoisotopic (exact) mass is 1320 g/mol. The van der Waals surface area contributed by atoms with Gasteiger partial charge in [-0.3, -0.25) is 4.79 Å². The molecular formula is C72H106O10S6. The number of hydrogen-bond acceptors (Lipinski definition) is 14. The third-order valence-corrected chi connectivity index (χ3v) is 24.0. The molecule has 0 amide bonds. The molecule has 3 heterocycles. The fourth-order valence-electron chi connectivity index (χ4n) is 10.8. The molecule has 490 valence electrons. The predicted molar refractivity (Wildman–Crippen MR) is 377 cm³/mol. The van der Waals surface area contributed by atoms with Gasteiger partial charge >= 0.3 is 0 Å². The molecule has 0 fully saturated rings. The van der Waals surface area contributed by atoms with Gasteiger partial charge in [-0.25, -0.2) is 16.8 Å². The molecule has 2 atom stereocenters. The van der Waals surface area contributed by atoms with E-state index in [0.717, 1.165) is 88.0 Å². The van der Waals surface area contributed by atoms with Crippen LogP contribution in [0.3, 0.4) is 0 Å². The van der Waals surface area contributed by atoms with Crippen LogP contribution in [-0.4, -0.2) is 83.6 Å². The molecule has 2 unspecified atom stereocenters. The fourth-order valence-corrected chi connectivity index (χ4v) is 18.2. The molecule has 3 aromatic carbocycles. The zero-order valence-corrected chi connectivity index (χ0v) is 61.8. The number of ketones is 1. The van der Waals surface area contributed by atoms with Gasteiger partial charge in [0.2, 0.25) is 0 Å². The molecule has 0 spiro atoms. The highest BCUT2D eigenvalue weighted by molar-refractivity contribution is 7.97. The highest BCUT2D eigenvalue weighted by Crippen LogP contribution is 2.47. The van der Waals surface area contributed by atoms with Crippen molar-refractivity contribution in [3.05, 3.63) is 154 Å². The number of thioether (sulfide) groups is 1. The van der Waals surface area contributed by atoms with Crippen LogP contribution < -0.4 is 14.2 Å². The van der Waals surface area contributed by atoms with Crippen LogP contribution in [0.25, 0.3) is 0 Å². The van der Waals surface area contributed by atoms with E-state index in [1.807, 2.05) is 124 Å². The highest BCUT2D eigenvalue weighted by atomic mass is 32.2. The van der Waals surface area contributed by atoms with Crippen LogP contribution in [0, 0.1) is 37.0 Å². The number of rotatable bonds is 27. The van der Waals surface area contributed by atoms with Gasteiger partial charge in [-0.15, -0.1) is 34.0 Å². The van der Waals surface area contributed by atoms with E-state index in [1.165, 1.54) is 48.7 Å². The number of aliphatic hydroxyl groups excluding tert-OH is 2. The lowest BCUT2D eigenvalue weighted by Gasteiger charge is -2.32. The molecule has 0 saturated heterocycles. The number of ether oxygens (including phenoxy) is 3. The van der Waals surface area contributed by atoms with E-state index in [2.05, 4.69) is 121 Å². The van der Waals surface area contributed by atoms with E-state index in [9.17, 15) is 31.8 Å². The zero-order chi connectivity index (χ0) is 66.4. The minimum absolute atomic E-state index is 0.0511. The standard InChI is InChI=1S/C24H36O4S2.C24H34O4S2.C24H36O2S2/c2*1-8-24(9-2,22-13-11-19(29-22)16-30(7,26)27)18-10-12-20(17(3)14-18)28-15-21(25)23(4,5)6;1-8-24(9-2,22-13-11-19(28-22)16-27-7)18-10-12-20(17(3)14-18)26-15-21(25)23(4,5)6/h10-14,21,25H,8-9,15-16H2,1-7H3;10-14H,8-9,15-16H2,1-7H3;10-14,21,25H,8-9,15-16H2,1-7H3. The number of aryl methyl sites for hydroxylation is 3. The topological polar surface area (TPSA) is 153 Å². The molecule has 10 nitrogen and oxygen atoms in total. The molecule has 0 aliphatic heterocycles. The molecule has 0 bridgehead atoms. The van der Waals surface area contributed by atoms with Crippen molar-refractivity contribution in [3.63, 3.8) is 0 Å². The number of hydrogen-bond donors (Lipinski definition) is 2. The summed E-state index contributed by atoms with van der Waals surface area (Å²) in [4.78, 5) is 19.2. The molecule has 3 aromatic heterocycles. The number of carbonyl (C=O) groups is 1. The summed E-state index contributed by atoms with van der Waals surface area (Å²) >= 11 is 7.00. The smallest absolute Gasteiger partial charge is 0.175 e. The van der Waals surface area contributed by atoms with Crippen molar-refractivity contribution in [2.45, 2.75) is 209 Å². The van der Waals surface area contributed by atoms with Gasteiger partial charge in [0.25, 0.3) is 0 Å². The lowest BCUT2D eigenvalue weighted by atomic mass is 9.74. The third-order valence-electron chi connectivity index (χ3n) is 17.3. The van der Waals surface area contributed by atoms with Gasteiger partial charge in [-0.2, -0.15) is 11.8 Å². The second kappa shape index (κ2) is 32.0. The summed E-state index contributed by atoms with van der Waals surface area (Å²) in [6, 6.07) is 31.6. The summed E-state index contributed by atoms with van der Waals surface area (Å²) in [5.74, 6) is 3.68. The fraction of sp³-hybridized carbons (Fsp3) is 0.569. The number of sulfone groups is 2. The Bertz CT molecular complexity index is 3410. The van der Waals surface area contributed by atoms with Gasteiger partial charge in [-0.05, 0) is 164 Å². The van der Waals surface area contributed by atoms with E-state index in [-0.39, 0.29) is 57.6 Å². The Kier molecular flexibility index (Phi) is 27.8. The van der Waals surface area contributed by atoms with Gasteiger partial charge in [-0.1, -0.05) is 140 Å². The maximum absolute atomic E-state index is 12.2. The van der Waals surface area contributed by atoms with Crippen molar-refractivity contribution in [2.24, 2.45) is 16.2 Å². The Morgan fingerprint density at radius 3 is 1.03 bits per heavy atom. The van der Waals surface area contributed by atoms with Crippen molar-refractivity contribution in [1.29, 1.82) is 0 Å². The van der Waals surface area contributed by atoms with Gasteiger partial charge in [0, 0.05) is 69.2 Å². The Labute approximate surface area is 547 Å². The molecule has 6 rings (SSSR count). The van der Waals surface area contributed by atoms with E-state index in [1.54, 1.807) is 22.7 Å². The minimum atomic E-state index is -3.06. The van der Waals surface area contributed by atoms with Crippen molar-refractivity contribution in [1.82, 2.24) is 0 Å². The lowest BCUT2D eigenvalue weighted by Crippen LogP contribution is -2.32. The normalized spacial score (nSPS) is 13.4. The average molecular weight is 1320 g/mol. The van der Waals surface area contributed by atoms with E-state index < -0.39 is 37.3 Å². The van der Waals surface area contributed by atoms with Crippen LogP contribution >= 0.6 is 45.8 Å². The lowest BCUT2D eigenvalue weighted by molar-refractivity contribution is -0.128. The first-order valence-electron chi connectivity index (χ1n) is 31.0. The van der Waals surface area contributed by atoms with Gasteiger partial charge in [0.05, 0.1) is 23.7 Å². The van der Waals surface area contributed by atoms with Crippen LogP contribution in [0.5, 0.6) is 17.2 Å². The van der Waals surface area contributed by atoms with Crippen LogP contribution in [-0.2, 0) is 58.0 Å². The average Bonchev–Trinajstić information content (AvgIpc) is 2.26. The quantitative estimate of drug-likeness (QED) is 0.0507. The van der Waals surface area contributed by atoms with Crippen LogP contribution in [0.15, 0.2) is 91.0 Å². The summed E-state index contributed by atoms with van der Waals surface area (Å²) in [5, 5.41) is 20.5. The zero-order valence-electron chi connectivity index (χ0n) is 56.9. The molecule has 0 aliphatic carbocycles. The Hall–Kier alpha value is -4.00. The molecule has 0 radical (unpaired) electrons. The summed E-state index contributed by atoms with van der Waals surface area (Å²) in [5.41, 5.74) is 5.81. The first-order chi connectivity index (χ1) is 40.8. The van der Waals surface area contributed by atoms with Crippen molar-refractivity contribution in [2.75, 3.05) is 38.6 Å². The number of Topliss-reactive ketones (excluding diaryl/α,β-unsaturated/α-hetero) is 1. The van der Waals surface area contributed by atoms with E-state index >= 15 is 0 Å². The SMILES string of the molecule is CCC(CC)(c1ccc(OCC(=O)C(C)(C)C)c(C)c1)c1ccc(CS(C)(=O)=O)s1.CCC(CC)(c1ccc(OCC(O)C(C)(C)C)c(C)c1)c1ccc(CS(C)(=O)=O)s1.CCC(CC)(c1ccc(OCC(O)C(C)(C)C)c(C)c1)c1ccc(CSC)s1. The molecule has 0 saturated carbocycles. The maximum atomic E-state index is 12.2. The van der Waals surface area contributed by atoms with E-state index in [4.69, 9.17) is 14.2 Å². The maximum Gasteiger partial charge on any atom is 0.175 e. The van der Waals surface area contributed by atoms with E-state index in [0.29, 0.717) is 6.61 Å².